The predicted octanol–water partition coefficient (Wildman–Crippen LogP) is 5.24. The molecule has 10 heteroatoms. The van der Waals surface area contributed by atoms with E-state index in [1.54, 1.807) is 19.4 Å². The molecule has 1 saturated heterocycles. The molecule has 1 fully saturated rings. The average Bonchev–Trinajstić information content (AvgIpc) is 3.35. The maximum absolute atomic E-state index is 12.8. The van der Waals surface area contributed by atoms with Crippen molar-refractivity contribution in [2.75, 3.05) is 19.0 Å². The summed E-state index contributed by atoms with van der Waals surface area (Å²) in [7, 11) is 1.59. The van der Waals surface area contributed by atoms with Crippen molar-refractivity contribution in [3.63, 3.8) is 0 Å². The van der Waals surface area contributed by atoms with Crippen molar-refractivity contribution in [1.29, 1.82) is 0 Å². The van der Waals surface area contributed by atoms with Gasteiger partial charge >= 0.3 is 0 Å². The van der Waals surface area contributed by atoms with Gasteiger partial charge in [-0.2, -0.15) is 0 Å². The SMILES string of the molecule is COc1ccc(/C=C2/SC(=S)N(CC(=O)Nc3ncc(Cc4ccccc4Cl)s3)C2=O)cc1. The van der Waals surface area contributed by atoms with Crippen LogP contribution in [0.2, 0.25) is 5.02 Å². The fourth-order valence-corrected chi connectivity index (χ4v) is 5.38. The summed E-state index contributed by atoms with van der Waals surface area (Å²) in [5.41, 5.74) is 1.83. The number of nitrogens with zero attached hydrogens (tertiary/aromatic N) is 2. The summed E-state index contributed by atoms with van der Waals surface area (Å²) in [5.74, 6) is 0.0683. The smallest absolute Gasteiger partial charge is 0.266 e. The van der Waals surface area contributed by atoms with Crippen LogP contribution in [0.4, 0.5) is 5.13 Å². The molecule has 33 heavy (non-hydrogen) atoms. The van der Waals surface area contributed by atoms with E-state index in [4.69, 9.17) is 28.6 Å². The Morgan fingerprint density at radius 3 is 2.73 bits per heavy atom. The first-order valence-electron chi connectivity index (χ1n) is 9.80. The minimum atomic E-state index is -0.365. The molecule has 168 valence electrons. The third-order valence-corrected chi connectivity index (χ3v) is 7.37. The lowest BCUT2D eigenvalue weighted by Crippen LogP contribution is -2.36. The number of rotatable bonds is 7. The molecule has 0 unspecified atom stereocenters. The summed E-state index contributed by atoms with van der Waals surface area (Å²) in [4.78, 5) is 32.3. The molecule has 0 atom stereocenters. The summed E-state index contributed by atoms with van der Waals surface area (Å²) in [5, 5.41) is 3.90. The van der Waals surface area contributed by atoms with Crippen LogP contribution in [-0.2, 0) is 16.0 Å². The quantitative estimate of drug-likeness (QED) is 0.343. The summed E-state index contributed by atoms with van der Waals surface area (Å²) in [6.45, 7) is -0.177. The van der Waals surface area contributed by atoms with Gasteiger partial charge in [-0.3, -0.25) is 14.5 Å². The lowest BCUT2D eigenvalue weighted by Gasteiger charge is -2.13. The van der Waals surface area contributed by atoms with Gasteiger partial charge in [-0.1, -0.05) is 65.9 Å². The molecule has 0 saturated carbocycles. The highest BCUT2D eigenvalue weighted by Crippen LogP contribution is 2.33. The Labute approximate surface area is 209 Å². The molecule has 0 bridgehead atoms. The second-order valence-corrected chi connectivity index (χ2v) is 10.2. The Bertz CT molecular complexity index is 1240. The number of carbonyl (C=O) groups excluding carboxylic acids is 2. The van der Waals surface area contributed by atoms with Crippen LogP contribution in [0.25, 0.3) is 6.08 Å². The number of hydrogen-bond acceptors (Lipinski definition) is 7. The summed E-state index contributed by atoms with van der Waals surface area (Å²) in [6, 6.07) is 14.9. The number of nitrogens with one attached hydrogen (secondary N) is 1. The Morgan fingerprint density at radius 2 is 2.00 bits per heavy atom. The number of thiocarbonyl (C=S) groups is 1. The van der Waals surface area contributed by atoms with E-state index in [0.29, 0.717) is 25.8 Å². The number of ether oxygens (including phenoxy) is 1. The summed E-state index contributed by atoms with van der Waals surface area (Å²) < 4.78 is 5.49. The molecule has 0 radical (unpaired) electrons. The number of aromatic nitrogens is 1. The van der Waals surface area contributed by atoms with Gasteiger partial charge in [-0.15, -0.1) is 11.3 Å². The number of halogens is 1. The van der Waals surface area contributed by atoms with E-state index >= 15 is 0 Å². The van der Waals surface area contributed by atoms with Gasteiger partial charge in [0.1, 0.15) is 16.6 Å². The van der Waals surface area contributed by atoms with Crippen molar-refractivity contribution in [3.8, 4) is 5.75 Å². The van der Waals surface area contributed by atoms with Gasteiger partial charge in [0, 0.05) is 22.5 Å². The van der Waals surface area contributed by atoms with Crippen molar-refractivity contribution in [2.24, 2.45) is 0 Å². The van der Waals surface area contributed by atoms with E-state index in [9.17, 15) is 9.59 Å². The first kappa shape index (κ1) is 23.4. The molecule has 1 aliphatic heterocycles. The number of amides is 2. The molecule has 6 nitrogen and oxygen atoms in total. The Hall–Kier alpha value is -2.72. The van der Waals surface area contributed by atoms with Crippen LogP contribution in [0.15, 0.2) is 59.6 Å². The molecule has 2 amide bonds. The molecule has 0 aliphatic carbocycles. The second-order valence-electron chi connectivity index (χ2n) is 6.99. The Kier molecular flexibility index (Phi) is 7.44. The minimum absolute atomic E-state index is 0.177. The molecule has 4 rings (SSSR count). The zero-order valence-corrected chi connectivity index (χ0v) is 20.6. The van der Waals surface area contributed by atoms with Gasteiger partial charge in [0.05, 0.1) is 12.0 Å². The fraction of sp³-hybridized carbons (Fsp3) is 0.130. The van der Waals surface area contributed by atoms with Crippen LogP contribution in [0, 0.1) is 0 Å². The van der Waals surface area contributed by atoms with Crippen LogP contribution < -0.4 is 10.1 Å². The van der Waals surface area contributed by atoms with Crippen molar-refractivity contribution in [1.82, 2.24) is 9.88 Å². The Morgan fingerprint density at radius 1 is 1.24 bits per heavy atom. The van der Waals surface area contributed by atoms with Gasteiger partial charge in [-0.25, -0.2) is 4.98 Å². The molecule has 1 N–H and O–H groups in total. The van der Waals surface area contributed by atoms with Crippen molar-refractivity contribution in [3.05, 3.63) is 80.7 Å². The number of thioether (sulfide) groups is 1. The van der Waals surface area contributed by atoms with Crippen LogP contribution in [0.1, 0.15) is 16.0 Å². The van der Waals surface area contributed by atoms with Gasteiger partial charge in [-0.05, 0) is 35.4 Å². The maximum atomic E-state index is 12.8. The number of anilines is 1. The van der Waals surface area contributed by atoms with Gasteiger partial charge < -0.3 is 10.1 Å². The first-order chi connectivity index (χ1) is 15.9. The highest BCUT2D eigenvalue weighted by atomic mass is 35.5. The molecule has 0 spiro atoms. The van der Waals surface area contributed by atoms with Crippen LogP contribution in [0.5, 0.6) is 5.75 Å². The van der Waals surface area contributed by atoms with E-state index in [1.165, 1.54) is 28.0 Å². The monoisotopic (exact) mass is 515 g/mol. The van der Waals surface area contributed by atoms with Gasteiger partial charge in [0.15, 0.2) is 5.13 Å². The van der Waals surface area contributed by atoms with Crippen LogP contribution in [-0.4, -0.2) is 39.7 Å². The van der Waals surface area contributed by atoms with Crippen LogP contribution in [0.3, 0.4) is 0 Å². The molecule has 1 aliphatic rings. The number of benzene rings is 2. The van der Waals surface area contributed by atoms with Gasteiger partial charge in [0.2, 0.25) is 5.91 Å². The second kappa shape index (κ2) is 10.5. The van der Waals surface area contributed by atoms with E-state index in [2.05, 4.69) is 10.3 Å². The molecular formula is C23H18ClN3O3S3. The highest BCUT2D eigenvalue weighted by molar-refractivity contribution is 8.26. The van der Waals surface area contributed by atoms with E-state index in [1.807, 2.05) is 48.5 Å². The minimum Gasteiger partial charge on any atom is -0.497 e. The fourth-order valence-electron chi connectivity index (χ4n) is 3.07. The lowest BCUT2D eigenvalue weighted by atomic mass is 10.1. The average molecular weight is 516 g/mol. The van der Waals surface area contributed by atoms with Crippen LogP contribution >= 0.6 is 46.9 Å². The topological polar surface area (TPSA) is 71.5 Å². The zero-order chi connectivity index (χ0) is 23.4. The maximum Gasteiger partial charge on any atom is 0.266 e. The highest BCUT2D eigenvalue weighted by Gasteiger charge is 2.33. The number of carbonyl (C=O) groups is 2. The third-order valence-electron chi connectivity index (χ3n) is 4.71. The normalized spacial score (nSPS) is 14.7. The molecular weight excluding hydrogens is 498 g/mol. The van der Waals surface area contributed by atoms with Crippen molar-refractivity contribution in [2.45, 2.75) is 6.42 Å². The standard InChI is InChI=1S/C23H18ClN3O3S3/c1-30-16-8-6-14(7-9-16)10-19-21(29)27(23(31)33-19)13-20(28)26-22-25-12-17(32-22)11-15-4-2-3-5-18(15)24/h2-10,12H,11,13H2,1H3,(H,25,26,28)/b19-10+. The number of methoxy groups -OCH3 is 1. The molecule has 1 aromatic heterocycles. The van der Waals surface area contributed by atoms with E-state index in [-0.39, 0.29) is 18.4 Å². The zero-order valence-electron chi connectivity index (χ0n) is 17.4. The van der Waals surface area contributed by atoms with Crippen molar-refractivity contribution >= 4 is 74.3 Å². The number of thiazole rings is 1. The first-order valence-corrected chi connectivity index (χ1v) is 12.2. The third kappa shape index (κ3) is 5.80. The van der Waals surface area contributed by atoms with Crippen molar-refractivity contribution < 1.29 is 14.3 Å². The predicted molar refractivity (Wildman–Crippen MR) is 138 cm³/mol. The largest absolute Gasteiger partial charge is 0.497 e. The van der Waals surface area contributed by atoms with E-state index < -0.39 is 0 Å². The Balaban J connectivity index is 1.37. The molecule has 3 aromatic rings. The van der Waals surface area contributed by atoms with Gasteiger partial charge in [0.25, 0.3) is 5.91 Å². The summed E-state index contributed by atoms with van der Waals surface area (Å²) in [6.07, 6.45) is 4.08. The van der Waals surface area contributed by atoms with E-state index in [0.717, 1.165) is 21.8 Å². The summed E-state index contributed by atoms with van der Waals surface area (Å²) >= 11 is 14.1. The molecule has 2 heterocycles. The number of hydrogen-bond donors (Lipinski definition) is 1. The lowest BCUT2D eigenvalue weighted by molar-refractivity contribution is -0.126. The molecule has 2 aromatic carbocycles.